The summed E-state index contributed by atoms with van der Waals surface area (Å²) in [4.78, 5) is 37.7. The van der Waals surface area contributed by atoms with E-state index < -0.39 is 11.9 Å². The first kappa shape index (κ1) is 17.0. The molecule has 0 fully saturated rings. The van der Waals surface area contributed by atoms with Gasteiger partial charge in [0.05, 0.1) is 23.9 Å². The number of carbonyl (C=O) groups excluding carboxylic acids is 2. The zero-order valence-electron chi connectivity index (χ0n) is 14.8. The van der Waals surface area contributed by atoms with Crippen molar-refractivity contribution < 1.29 is 14.3 Å². The van der Waals surface area contributed by atoms with E-state index in [1.165, 1.54) is 7.11 Å². The van der Waals surface area contributed by atoms with Crippen LogP contribution in [0.25, 0.3) is 10.9 Å². The number of anilines is 1. The van der Waals surface area contributed by atoms with Crippen LogP contribution >= 0.6 is 0 Å². The number of esters is 1. The molecule has 0 bridgehead atoms. The van der Waals surface area contributed by atoms with Crippen LogP contribution < -0.4 is 10.7 Å². The van der Waals surface area contributed by atoms with E-state index >= 15 is 0 Å². The van der Waals surface area contributed by atoms with Crippen molar-refractivity contribution in [3.05, 3.63) is 75.6 Å². The van der Waals surface area contributed by atoms with Crippen LogP contribution in [0.15, 0.2) is 53.5 Å². The van der Waals surface area contributed by atoms with Gasteiger partial charge in [0.15, 0.2) is 0 Å². The molecule has 0 spiro atoms. The minimum Gasteiger partial charge on any atom is -0.465 e. The van der Waals surface area contributed by atoms with Gasteiger partial charge in [-0.15, -0.1) is 0 Å². The highest BCUT2D eigenvalue weighted by Crippen LogP contribution is 2.24. The highest BCUT2D eigenvalue weighted by Gasteiger charge is 2.21. The highest BCUT2D eigenvalue weighted by atomic mass is 16.5. The molecule has 0 unspecified atom stereocenters. The molecule has 1 amide bonds. The van der Waals surface area contributed by atoms with Crippen LogP contribution in [0.4, 0.5) is 5.69 Å². The Balaban J connectivity index is 1.78. The van der Waals surface area contributed by atoms with Crippen molar-refractivity contribution in [2.75, 3.05) is 12.4 Å². The standard InChI is InChI=1S/C21H18N2O4/c1-27-21(26)14-8-2-3-10-17(14)22-20(25)16-12-23-11-5-7-13-6-4-9-15(18(13)23)19(16)24/h2-4,6,8-10,12H,5,7,11H2,1H3,(H,22,25). The SMILES string of the molecule is COC(=O)c1ccccc1NC(=O)c1cn2c3c(cccc3c1=O)CCC2. The fourth-order valence-electron chi connectivity index (χ4n) is 3.59. The van der Waals surface area contributed by atoms with Crippen LogP contribution in [0.2, 0.25) is 0 Å². The van der Waals surface area contributed by atoms with Crippen molar-refractivity contribution in [1.29, 1.82) is 0 Å². The Bertz CT molecular complexity index is 1130. The smallest absolute Gasteiger partial charge is 0.339 e. The van der Waals surface area contributed by atoms with Crippen molar-refractivity contribution in [3.63, 3.8) is 0 Å². The molecule has 6 nitrogen and oxygen atoms in total. The fourth-order valence-corrected chi connectivity index (χ4v) is 3.59. The molecule has 2 aromatic carbocycles. The van der Waals surface area contributed by atoms with Crippen molar-refractivity contribution in [2.24, 2.45) is 0 Å². The van der Waals surface area contributed by atoms with Gasteiger partial charge in [-0.1, -0.05) is 24.3 Å². The van der Waals surface area contributed by atoms with E-state index in [9.17, 15) is 14.4 Å². The molecule has 1 aromatic heterocycles. The van der Waals surface area contributed by atoms with Gasteiger partial charge < -0.3 is 14.6 Å². The molecular formula is C21H18N2O4. The molecule has 0 saturated carbocycles. The highest BCUT2D eigenvalue weighted by molar-refractivity contribution is 6.09. The van der Waals surface area contributed by atoms with Gasteiger partial charge in [0, 0.05) is 18.1 Å². The largest absolute Gasteiger partial charge is 0.465 e. The van der Waals surface area contributed by atoms with E-state index in [1.807, 2.05) is 16.7 Å². The zero-order valence-corrected chi connectivity index (χ0v) is 14.8. The lowest BCUT2D eigenvalue weighted by Crippen LogP contribution is -2.26. The number of amides is 1. The summed E-state index contributed by atoms with van der Waals surface area (Å²) in [6.07, 6.45) is 3.50. The first-order chi connectivity index (χ1) is 13.1. The number of nitrogens with one attached hydrogen (secondary N) is 1. The molecule has 136 valence electrons. The van der Waals surface area contributed by atoms with Gasteiger partial charge in [0.25, 0.3) is 5.91 Å². The predicted molar refractivity (Wildman–Crippen MR) is 102 cm³/mol. The Hall–Kier alpha value is -3.41. The normalized spacial score (nSPS) is 12.6. The Kier molecular flexibility index (Phi) is 4.24. The molecule has 0 radical (unpaired) electrons. The molecular weight excluding hydrogens is 344 g/mol. The van der Waals surface area contributed by atoms with E-state index in [2.05, 4.69) is 5.32 Å². The molecule has 0 saturated heterocycles. The minimum absolute atomic E-state index is 0.0567. The number of hydrogen-bond donors (Lipinski definition) is 1. The molecule has 1 N–H and O–H groups in total. The third-order valence-corrected chi connectivity index (χ3v) is 4.85. The average Bonchev–Trinajstić information content (AvgIpc) is 2.70. The number of rotatable bonds is 3. The summed E-state index contributed by atoms with van der Waals surface area (Å²) >= 11 is 0. The molecule has 2 heterocycles. The third kappa shape index (κ3) is 2.89. The van der Waals surface area contributed by atoms with Crippen LogP contribution in [-0.2, 0) is 17.7 Å². The number of benzene rings is 2. The third-order valence-electron chi connectivity index (χ3n) is 4.85. The second-order valence-corrected chi connectivity index (χ2v) is 6.47. The molecule has 1 aliphatic heterocycles. The molecule has 6 heteroatoms. The summed E-state index contributed by atoms with van der Waals surface area (Å²) in [5.41, 5.74) is 2.32. The van der Waals surface area contributed by atoms with Gasteiger partial charge >= 0.3 is 5.97 Å². The van der Waals surface area contributed by atoms with Crippen LogP contribution in [0.3, 0.4) is 0 Å². The maximum Gasteiger partial charge on any atom is 0.339 e. The van der Waals surface area contributed by atoms with Crippen molar-refractivity contribution >= 4 is 28.5 Å². The molecule has 0 atom stereocenters. The maximum absolute atomic E-state index is 12.9. The second kappa shape index (κ2) is 6.72. The summed E-state index contributed by atoms with van der Waals surface area (Å²) in [6.45, 7) is 0.757. The summed E-state index contributed by atoms with van der Waals surface area (Å²) in [6, 6.07) is 12.2. The number of aromatic nitrogens is 1. The molecule has 4 rings (SSSR count). The van der Waals surface area contributed by atoms with Crippen LogP contribution in [0.5, 0.6) is 0 Å². The lowest BCUT2D eigenvalue weighted by atomic mass is 9.99. The number of aryl methyl sites for hydroxylation is 2. The van der Waals surface area contributed by atoms with Gasteiger partial charge in [-0.25, -0.2) is 4.79 Å². The maximum atomic E-state index is 12.9. The molecule has 3 aromatic rings. The van der Waals surface area contributed by atoms with Crippen LogP contribution in [0, 0.1) is 0 Å². The van der Waals surface area contributed by atoms with E-state index in [1.54, 1.807) is 36.5 Å². The average molecular weight is 362 g/mol. The Morgan fingerprint density at radius 3 is 2.70 bits per heavy atom. The Labute approximate surface area is 155 Å². The van der Waals surface area contributed by atoms with Gasteiger partial charge in [-0.05, 0) is 36.6 Å². The van der Waals surface area contributed by atoms with E-state index in [4.69, 9.17) is 4.74 Å². The summed E-state index contributed by atoms with van der Waals surface area (Å²) < 4.78 is 6.72. The number of methoxy groups -OCH3 is 1. The molecule has 1 aliphatic rings. The molecule has 27 heavy (non-hydrogen) atoms. The monoisotopic (exact) mass is 362 g/mol. The fraction of sp³-hybridized carbons (Fsp3) is 0.190. The lowest BCUT2D eigenvalue weighted by molar-refractivity contribution is 0.0602. The number of carbonyl (C=O) groups is 2. The van der Waals surface area contributed by atoms with Crippen molar-refractivity contribution in [3.8, 4) is 0 Å². The van der Waals surface area contributed by atoms with Crippen LogP contribution in [0.1, 0.15) is 32.7 Å². The number of nitrogens with zero attached hydrogens (tertiary/aromatic N) is 1. The summed E-state index contributed by atoms with van der Waals surface area (Å²) in [5.74, 6) is -1.10. The predicted octanol–water partition coefficient (Wildman–Crippen LogP) is 2.99. The zero-order chi connectivity index (χ0) is 19.0. The van der Waals surface area contributed by atoms with E-state index in [0.717, 1.165) is 30.5 Å². The van der Waals surface area contributed by atoms with Crippen molar-refractivity contribution in [1.82, 2.24) is 4.57 Å². The van der Waals surface area contributed by atoms with Gasteiger partial charge in [-0.2, -0.15) is 0 Å². The van der Waals surface area contributed by atoms with E-state index in [0.29, 0.717) is 11.1 Å². The summed E-state index contributed by atoms with van der Waals surface area (Å²) in [7, 11) is 1.28. The van der Waals surface area contributed by atoms with Gasteiger partial charge in [0.1, 0.15) is 5.56 Å². The minimum atomic E-state index is -0.555. The second-order valence-electron chi connectivity index (χ2n) is 6.47. The van der Waals surface area contributed by atoms with Gasteiger partial charge in [-0.3, -0.25) is 9.59 Å². The van der Waals surface area contributed by atoms with E-state index in [-0.39, 0.29) is 16.6 Å². The lowest BCUT2D eigenvalue weighted by Gasteiger charge is -2.20. The van der Waals surface area contributed by atoms with Gasteiger partial charge in [0.2, 0.25) is 5.43 Å². The number of hydrogen-bond acceptors (Lipinski definition) is 4. The molecule has 0 aliphatic carbocycles. The number of para-hydroxylation sites is 2. The number of pyridine rings is 1. The Morgan fingerprint density at radius 1 is 1.07 bits per heavy atom. The number of ether oxygens (including phenoxy) is 1. The Morgan fingerprint density at radius 2 is 1.89 bits per heavy atom. The first-order valence-corrected chi connectivity index (χ1v) is 8.74. The van der Waals surface area contributed by atoms with Crippen LogP contribution in [-0.4, -0.2) is 23.6 Å². The summed E-state index contributed by atoms with van der Waals surface area (Å²) in [5, 5.41) is 3.22. The quantitative estimate of drug-likeness (QED) is 0.727. The van der Waals surface area contributed by atoms with Crippen molar-refractivity contribution in [2.45, 2.75) is 19.4 Å². The topological polar surface area (TPSA) is 77.4 Å². The first-order valence-electron chi connectivity index (χ1n) is 8.74.